The van der Waals surface area contributed by atoms with Gasteiger partial charge in [-0.25, -0.2) is 0 Å². The van der Waals surface area contributed by atoms with Crippen LogP contribution in [0.15, 0.2) is 30.5 Å². The fourth-order valence-electron chi connectivity index (χ4n) is 2.54. The minimum Gasteiger partial charge on any atom is -0.389 e. The molecule has 3 rings (SSSR count). The lowest BCUT2D eigenvalue weighted by Crippen LogP contribution is -2.21. The second-order valence-electron chi connectivity index (χ2n) is 4.94. The number of aromatic nitrogens is 1. The molecule has 0 saturated carbocycles. The number of rotatable bonds is 4. The van der Waals surface area contributed by atoms with Crippen molar-refractivity contribution in [2.45, 2.75) is 18.9 Å². The first-order valence-corrected chi connectivity index (χ1v) is 7.19. The largest absolute Gasteiger partial charge is 0.389 e. The molecule has 1 aliphatic rings. The second-order valence-corrected chi connectivity index (χ2v) is 5.38. The van der Waals surface area contributed by atoms with E-state index in [2.05, 4.69) is 10.3 Å². The van der Waals surface area contributed by atoms with Crippen LogP contribution in [0.5, 0.6) is 0 Å². The van der Waals surface area contributed by atoms with Crippen molar-refractivity contribution in [3.63, 3.8) is 0 Å². The third kappa shape index (κ3) is 2.59. The van der Waals surface area contributed by atoms with Crippen molar-refractivity contribution in [1.29, 1.82) is 0 Å². The van der Waals surface area contributed by atoms with Crippen LogP contribution in [0.2, 0.25) is 0 Å². The minimum atomic E-state index is 0.265. The third-order valence-electron chi connectivity index (χ3n) is 3.57. The van der Waals surface area contributed by atoms with E-state index in [1.54, 1.807) is 6.20 Å². The number of fused-ring (bicyclic) bond motifs is 1. The number of para-hydroxylation sites is 1. The zero-order chi connectivity index (χ0) is 13.9. The molecule has 0 aliphatic carbocycles. The van der Waals surface area contributed by atoms with E-state index in [0.29, 0.717) is 4.99 Å². The predicted octanol–water partition coefficient (Wildman–Crippen LogP) is 2.46. The van der Waals surface area contributed by atoms with Crippen LogP contribution in [0.3, 0.4) is 0 Å². The lowest BCUT2D eigenvalue weighted by atomic mass is 10.1. The van der Waals surface area contributed by atoms with Crippen molar-refractivity contribution < 1.29 is 4.74 Å². The highest BCUT2D eigenvalue weighted by atomic mass is 32.1. The van der Waals surface area contributed by atoms with Gasteiger partial charge in [-0.1, -0.05) is 30.4 Å². The Labute approximate surface area is 123 Å². The Morgan fingerprint density at radius 2 is 2.30 bits per heavy atom. The zero-order valence-corrected chi connectivity index (χ0v) is 12.0. The highest BCUT2D eigenvalue weighted by Crippen LogP contribution is 2.26. The molecular weight excluding hydrogens is 270 g/mol. The Bertz CT molecular complexity index is 638. The lowest BCUT2D eigenvalue weighted by Gasteiger charge is -2.16. The highest BCUT2D eigenvalue weighted by molar-refractivity contribution is 7.80. The van der Waals surface area contributed by atoms with Crippen LogP contribution in [-0.4, -0.2) is 29.2 Å². The number of anilines is 1. The zero-order valence-electron chi connectivity index (χ0n) is 11.1. The summed E-state index contributed by atoms with van der Waals surface area (Å²) < 4.78 is 5.64. The molecular formula is C15H17N3OS. The SMILES string of the molecule is NC(=S)c1cnc2ccccc2c1NCC1CCCO1. The molecule has 2 heterocycles. The summed E-state index contributed by atoms with van der Waals surface area (Å²) in [6.45, 7) is 1.62. The molecule has 20 heavy (non-hydrogen) atoms. The van der Waals surface area contributed by atoms with Gasteiger partial charge in [0.25, 0.3) is 0 Å². The Morgan fingerprint density at radius 3 is 3.05 bits per heavy atom. The molecule has 1 aliphatic heterocycles. The number of pyridine rings is 1. The van der Waals surface area contributed by atoms with E-state index < -0.39 is 0 Å². The lowest BCUT2D eigenvalue weighted by molar-refractivity contribution is 0.120. The summed E-state index contributed by atoms with van der Waals surface area (Å²) in [5.74, 6) is 0. The van der Waals surface area contributed by atoms with Crippen molar-refractivity contribution in [3.8, 4) is 0 Å². The van der Waals surface area contributed by atoms with E-state index in [0.717, 1.165) is 48.1 Å². The van der Waals surface area contributed by atoms with Gasteiger partial charge in [0, 0.05) is 24.7 Å². The molecule has 5 heteroatoms. The minimum absolute atomic E-state index is 0.265. The summed E-state index contributed by atoms with van der Waals surface area (Å²) in [7, 11) is 0. The summed E-state index contributed by atoms with van der Waals surface area (Å²) in [5, 5.41) is 4.48. The van der Waals surface area contributed by atoms with Crippen LogP contribution in [0, 0.1) is 0 Å². The van der Waals surface area contributed by atoms with E-state index in [1.165, 1.54) is 0 Å². The van der Waals surface area contributed by atoms with Gasteiger partial charge < -0.3 is 15.8 Å². The van der Waals surface area contributed by atoms with Crippen molar-refractivity contribution in [1.82, 2.24) is 4.98 Å². The standard InChI is InChI=1S/C15H17N3OS/c16-15(20)12-9-17-13-6-2-1-5-11(13)14(12)18-8-10-4-3-7-19-10/h1-2,5-6,9-10H,3-4,7-8H2,(H2,16,20)(H,17,18). The van der Waals surface area contributed by atoms with E-state index in [-0.39, 0.29) is 6.10 Å². The van der Waals surface area contributed by atoms with Gasteiger partial charge in [0.1, 0.15) is 4.99 Å². The van der Waals surface area contributed by atoms with Crippen molar-refractivity contribution in [2.24, 2.45) is 5.73 Å². The normalized spacial score (nSPS) is 18.3. The quantitative estimate of drug-likeness (QED) is 0.846. The molecule has 0 spiro atoms. The second kappa shape index (κ2) is 5.73. The van der Waals surface area contributed by atoms with Crippen LogP contribution < -0.4 is 11.1 Å². The maximum atomic E-state index is 5.81. The number of nitrogens with zero attached hydrogens (tertiary/aromatic N) is 1. The first-order valence-electron chi connectivity index (χ1n) is 6.79. The van der Waals surface area contributed by atoms with Crippen LogP contribution in [0.1, 0.15) is 18.4 Å². The molecule has 1 aromatic heterocycles. The smallest absolute Gasteiger partial charge is 0.107 e. The summed E-state index contributed by atoms with van der Waals surface area (Å²) in [4.78, 5) is 4.76. The summed E-state index contributed by atoms with van der Waals surface area (Å²) in [5.41, 5.74) is 8.49. The Hall–Kier alpha value is -1.72. The molecule has 0 bridgehead atoms. The molecule has 3 N–H and O–H groups in total. The molecule has 104 valence electrons. The van der Waals surface area contributed by atoms with Crippen LogP contribution in [0.4, 0.5) is 5.69 Å². The number of hydrogen-bond acceptors (Lipinski definition) is 4. The molecule has 4 nitrogen and oxygen atoms in total. The van der Waals surface area contributed by atoms with E-state index in [9.17, 15) is 0 Å². The van der Waals surface area contributed by atoms with Crippen molar-refractivity contribution >= 4 is 33.8 Å². The number of nitrogens with two attached hydrogens (primary N) is 1. The Balaban J connectivity index is 1.96. The topological polar surface area (TPSA) is 60.2 Å². The average molecular weight is 287 g/mol. The van der Waals surface area contributed by atoms with Gasteiger partial charge in [-0.15, -0.1) is 0 Å². The van der Waals surface area contributed by atoms with Gasteiger partial charge in [0.15, 0.2) is 0 Å². The fraction of sp³-hybridized carbons (Fsp3) is 0.333. The van der Waals surface area contributed by atoms with Crippen LogP contribution in [-0.2, 0) is 4.74 Å². The number of nitrogens with one attached hydrogen (secondary N) is 1. The Morgan fingerprint density at radius 1 is 1.45 bits per heavy atom. The van der Waals surface area contributed by atoms with Gasteiger partial charge in [0.2, 0.25) is 0 Å². The summed E-state index contributed by atoms with van der Waals surface area (Å²) >= 11 is 5.13. The number of ether oxygens (including phenoxy) is 1. The first kappa shape index (κ1) is 13.3. The summed E-state index contributed by atoms with van der Waals surface area (Å²) in [6, 6.07) is 7.97. The van der Waals surface area contributed by atoms with Gasteiger partial charge in [-0.05, 0) is 18.9 Å². The van der Waals surface area contributed by atoms with Gasteiger partial charge in [-0.3, -0.25) is 4.98 Å². The Kier molecular flexibility index (Phi) is 3.80. The molecule has 1 saturated heterocycles. The monoisotopic (exact) mass is 287 g/mol. The van der Waals surface area contributed by atoms with Gasteiger partial charge >= 0.3 is 0 Å². The third-order valence-corrected chi connectivity index (χ3v) is 3.79. The van der Waals surface area contributed by atoms with Crippen LogP contribution in [0.25, 0.3) is 10.9 Å². The van der Waals surface area contributed by atoms with E-state index >= 15 is 0 Å². The fourth-order valence-corrected chi connectivity index (χ4v) is 2.69. The van der Waals surface area contributed by atoms with Gasteiger partial charge in [0.05, 0.1) is 22.9 Å². The van der Waals surface area contributed by atoms with Crippen LogP contribution >= 0.6 is 12.2 Å². The van der Waals surface area contributed by atoms with Crippen molar-refractivity contribution in [2.75, 3.05) is 18.5 Å². The number of hydrogen-bond donors (Lipinski definition) is 2. The molecule has 0 radical (unpaired) electrons. The molecule has 1 fully saturated rings. The molecule has 1 aromatic carbocycles. The van der Waals surface area contributed by atoms with Gasteiger partial charge in [-0.2, -0.15) is 0 Å². The van der Waals surface area contributed by atoms with E-state index in [1.807, 2.05) is 24.3 Å². The highest BCUT2D eigenvalue weighted by Gasteiger charge is 2.17. The average Bonchev–Trinajstić information content (AvgIpc) is 2.97. The van der Waals surface area contributed by atoms with Crippen molar-refractivity contribution in [3.05, 3.63) is 36.0 Å². The number of thiocarbonyl (C=S) groups is 1. The molecule has 2 aromatic rings. The number of benzene rings is 1. The molecule has 1 unspecified atom stereocenters. The van der Waals surface area contributed by atoms with E-state index in [4.69, 9.17) is 22.7 Å². The summed E-state index contributed by atoms with van der Waals surface area (Å²) in [6.07, 6.45) is 4.23. The molecule has 1 atom stereocenters. The predicted molar refractivity (Wildman–Crippen MR) is 85.1 cm³/mol. The maximum Gasteiger partial charge on any atom is 0.107 e. The maximum absolute atomic E-state index is 5.81. The first-order chi connectivity index (χ1) is 9.75. The molecule has 0 amide bonds.